The van der Waals surface area contributed by atoms with Gasteiger partial charge in [-0.3, -0.25) is 4.79 Å². The second-order valence-electron chi connectivity index (χ2n) is 5.97. The summed E-state index contributed by atoms with van der Waals surface area (Å²) >= 11 is 0. The lowest BCUT2D eigenvalue weighted by Gasteiger charge is -2.25. The Bertz CT molecular complexity index is 663. The molecule has 0 bridgehead atoms. The number of benzene rings is 1. The molecule has 0 radical (unpaired) electrons. The zero-order valence-electron chi connectivity index (χ0n) is 12.6. The van der Waals surface area contributed by atoms with Gasteiger partial charge in [0.25, 0.3) is 5.91 Å². The molecule has 0 spiro atoms. The first kappa shape index (κ1) is 13.9. The molecule has 0 aliphatic carbocycles. The first-order valence-corrected chi connectivity index (χ1v) is 7.38. The SMILES string of the molecule is CN(CC1CCCN1C)C(=O)c1c[nH]c2cc(N)ccc12. The van der Waals surface area contributed by atoms with Gasteiger partial charge < -0.3 is 20.5 Å². The van der Waals surface area contributed by atoms with Crippen molar-refractivity contribution in [3.8, 4) is 0 Å². The van der Waals surface area contributed by atoms with Crippen molar-refractivity contribution in [2.45, 2.75) is 18.9 Å². The number of nitrogens with one attached hydrogen (secondary N) is 1. The molecule has 21 heavy (non-hydrogen) atoms. The van der Waals surface area contributed by atoms with Crippen molar-refractivity contribution in [2.75, 3.05) is 32.9 Å². The average molecular weight is 286 g/mol. The van der Waals surface area contributed by atoms with Gasteiger partial charge in [0, 0.05) is 42.4 Å². The zero-order chi connectivity index (χ0) is 15.0. The lowest BCUT2D eigenvalue weighted by Crippen LogP contribution is -2.39. The molecule has 1 fully saturated rings. The van der Waals surface area contributed by atoms with Gasteiger partial charge in [0.05, 0.1) is 5.56 Å². The Labute approximate surface area is 124 Å². The number of hydrogen-bond donors (Lipinski definition) is 2. The molecule has 5 heteroatoms. The molecule has 5 nitrogen and oxygen atoms in total. The summed E-state index contributed by atoms with van der Waals surface area (Å²) in [5.74, 6) is 0.0614. The summed E-state index contributed by atoms with van der Waals surface area (Å²) in [5, 5.41) is 0.931. The molecule has 1 aliphatic heterocycles. The molecule has 2 heterocycles. The highest BCUT2D eigenvalue weighted by atomic mass is 16.2. The highest BCUT2D eigenvalue weighted by molar-refractivity contribution is 6.07. The number of nitrogens with zero attached hydrogens (tertiary/aromatic N) is 2. The second kappa shape index (κ2) is 5.41. The van der Waals surface area contributed by atoms with E-state index in [0.717, 1.165) is 24.0 Å². The van der Waals surface area contributed by atoms with E-state index in [9.17, 15) is 4.79 Å². The van der Waals surface area contributed by atoms with Crippen molar-refractivity contribution < 1.29 is 4.79 Å². The van der Waals surface area contributed by atoms with Crippen LogP contribution in [0.15, 0.2) is 24.4 Å². The van der Waals surface area contributed by atoms with Gasteiger partial charge in [-0.2, -0.15) is 0 Å². The Morgan fingerprint density at radius 2 is 2.33 bits per heavy atom. The van der Waals surface area contributed by atoms with E-state index < -0.39 is 0 Å². The Hall–Kier alpha value is -2.01. The van der Waals surface area contributed by atoms with Gasteiger partial charge in [-0.15, -0.1) is 0 Å². The lowest BCUT2D eigenvalue weighted by atomic mass is 10.1. The van der Waals surface area contributed by atoms with Crippen LogP contribution in [-0.4, -0.2) is 53.9 Å². The monoisotopic (exact) mass is 286 g/mol. The molecule has 0 saturated carbocycles. The third-order valence-corrected chi connectivity index (χ3v) is 4.44. The molecule has 1 aromatic carbocycles. The molecule has 1 aliphatic rings. The maximum Gasteiger partial charge on any atom is 0.255 e. The second-order valence-corrected chi connectivity index (χ2v) is 5.97. The minimum absolute atomic E-state index is 0.0614. The molecular weight excluding hydrogens is 264 g/mol. The number of carbonyl (C=O) groups excluding carboxylic acids is 1. The van der Waals surface area contributed by atoms with Crippen molar-refractivity contribution >= 4 is 22.5 Å². The van der Waals surface area contributed by atoms with E-state index in [-0.39, 0.29) is 5.91 Å². The fraction of sp³-hybridized carbons (Fsp3) is 0.438. The van der Waals surface area contributed by atoms with Gasteiger partial charge >= 0.3 is 0 Å². The van der Waals surface area contributed by atoms with Gasteiger partial charge in [-0.25, -0.2) is 0 Å². The van der Waals surface area contributed by atoms with Gasteiger partial charge in [0.15, 0.2) is 0 Å². The molecule has 1 atom stereocenters. The van der Waals surface area contributed by atoms with Gasteiger partial charge in [0.2, 0.25) is 0 Å². The summed E-state index contributed by atoms with van der Waals surface area (Å²) in [6, 6.07) is 6.07. The van der Waals surface area contributed by atoms with Crippen molar-refractivity contribution in [1.82, 2.24) is 14.8 Å². The Kier molecular flexibility index (Phi) is 3.59. The summed E-state index contributed by atoms with van der Waals surface area (Å²) in [5.41, 5.74) is 8.09. The quantitative estimate of drug-likeness (QED) is 0.847. The molecule has 112 valence electrons. The summed E-state index contributed by atoms with van der Waals surface area (Å²) in [6.45, 7) is 1.90. The van der Waals surface area contributed by atoms with Crippen molar-refractivity contribution in [1.29, 1.82) is 0 Å². The van der Waals surface area contributed by atoms with Crippen LogP contribution in [0.25, 0.3) is 10.9 Å². The number of nitrogen functional groups attached to an aromatic ring is 1. The molecular formula is C16H22N4O. The number of carbonyl (C=O) groups is 1. The van der Waals surface area contributed by atoms with Crippen LogP contribution in [-0.2, 0) is 0 Å². The minimum atomic E-state index is 0.0614. The molecule has 1 aromatic heterocycles. The van der Waals surface area contributed by atoms with Gasteiger partial charge in [-0.05, 0) is 44.6 Å². The van der Waals surface area contributed by atoms with E-state index >= 15 is 0 Å². The third-order valence-electron chi connectivity index (χ3n) is 4.44. The zero-order valence-corrected chi connectivity index (χ0v) is 12.6. The first-order valence-electron chi connectivity index (χ1n) is 7.38. The number of hydrogen-bond acceptors (Lipinski definition) is 3. The number of aromatic nitrogens is 1. The van der Waals surface area contributed by atoms with E-state index in [1.54, 1.807) is 6.20 Å². The maximum absolute atomic E-state index is 12.7. The normalized spacial score (nSPS) is 19.2. The van der Waals surface area contributed by atoms with Crippen LogP contribution in [0.2, 0.25) is 0 Å². The van der Waals surface area contributed by atoms with Crippen LogP contribution >= 0.6 is 0 Å². The molecule has 1 saturated heterocycles. The van der Waals surface area contributed by atoms with E-state index in [4.69, 9.17) is 5.73 Å². The highest BCUT2D eigenvalue weighted by Gasteiger charge is 2.25. The number of anilines is 1. The average Bonchev–Trinajstić information content (AvgIpc) is 3.04. The largest absolute Gasteiger partial charge is 0.399 e. The summed E-state index contributed by atoms with van der Waals surface area (Å²) in [4.78, 5) is 19.9. The number of H-pyrrole nitrogens is 1. The number of likely N-dealkylation sites (tertiary alicyclic amines) is 1. The van der Waals surface area contributed by atoms with E-state index in [1.165, 1.54) is 12.8 Å². The molecule has 3 N–H and O–H groups in total. The predicted octanol–water partition coefficient (Wildman–Crippen LogP) is 1.92. The van der Waals surface area contributed by atoms with Crippen LogP contribution in [0.1, 0.15) is 23.2 Å². The number of nitrogens with two attached hydrogens (primary N) is 1. The highest BCUT2D eigenvalue weighted by Crippen LogP contribution is 2.22. The number of amides is 1. The van der Waals surface area contributed by atoms with Crippen molar-refractivity contribution in [3.05, 3.63) is 30.0 Å². The number of rotatable bonds is 3. The molecule has 1 amide bonds. The summed E-state index contributed by atoms with van der Waals surface area (Å²) in [6.07, 6.45) is 4.16. The van der Waals surface area contributed by atoms with Crippen LogP contribution < -0.4 is 5.73 Å². The molecule has 3 rings (SSSR count). The third kappa shape index (κ3) is 2.61. The predicted molar refractivity (Wildman–Crippen MR) is 85.3 cm³/mol. The lowest BCUT2D eigenvalue weighted by molar-refractivity contribution is 0.0763. The first-order chi connectivity index (χ1) is 10.1. The molecule has 2 aromatic rings. The van der Waals surface area contributed by atoms with Crippen LogP contribution in [0.4, 0.5) is 5.69 Å². The molecule has 1 unspecified atom stereocenters. The van der Waals surface area contributed by atoms with E-state index in [1.807, 2.05) is 30.1 Å². The van der Waals surface area contributed by atoms with E-state index in [0.29, 0.717) is 17.3 Å². The fourth-order valence-electron chi connectivity index (χ4n) is 3.14. The topological polar surface area (TPSA) is 65.4 Å². The fourth-order valence-corrected chi connectivity index (χ4v) is 3.14. The van der Waals surface area contributed by atoms with Gasteiger partial charge in [0.1, 0.15) is 0 Å². The van der Waals surface area contributed by atoms with Crippen LogP contribution in [0.5, 0.6) is 0 Å². The van der Waals surface area contributed by atoms with Gasteiger partial charge in [-0.1, -0.05) is 0 Å². The standard InChI is InChI=1S/C16H22N4O/c1-19-7-3-4-12(19)10-20(2)16(21)14-9-18-15-8-11(17)5-6-13(14)15/h5-6,8-9,12,18H,3-4,7,10,17H2,1-2H3. The van der Waals surface area contributed by atoms with Crippen LogP contribution in [0, 0.1) is 0 Å². The van der Waals surface area contributed by atoms with Crippen molar-refractivity contribution in [3.63, 3.8) is 0 Å². The Balaban J connectivity index is 1.79. The Morgan fingerprint density at radius 1 is 1.52 bits per heavy atom. The maximum atomic E-state index is 12.7. The number of fused-ring (bicyclic) bond motifs is 1. The number of likely N-dealkylation sites (N-methyl/N-ethyl adjacent to an activating group) is 2. The van der Waals surface area contributed by atoms with E-state index in [2.05, 4.69) is 16.9 Å². The van der Waals surface area contributed by atoms with Crippen molar-refractivity contribution in [2.24, 2.45) is 0 Å². The minimum Gasteiger partial charge on any atom is -0.399 e. The number of aromatic amines is 1. The Morgan fingerprint density at radius 3 is 3.05 bits per heavy atom. The van der Waals surface area contributed by atoms with Crippen LogP contribution in [0.3, 0.4) is 0 Å². The smallest absolute Gasteiger partial charge is 0.255 e. The summed E-state index contributed by atoms with van der Waals surface area (Å²) < 4.78 is 0. The summed E-state index contributed by atoms with van der Waals surface area (Å²) in [7, 11) is 4.01.